The van der Waals surface area contributed by atoms with Gasteiger partial charge in [0.05, 0.1) is 27.7 Å². The normalized spacial score (nSPS) is 15.0. The van der Waals surface area contributed by atoms with Gasteiger partial charge in [0.1, 0.15) is 0 Å². The predicted molar refractivity (Wildman–Crippen MR) is 51.6 cm³/mol. The van der Waals surface area contributed by atoms with E-state index in [-0.39, 0.29) is 0 Å². The van der Waals surface area contributed by atoms with Gasteiger partial charge in [-0.15, -0.1) is 0 Å². The maximum Gasteiger partial charge on any atom is 0.0780 e. The van der Waals surface area contributed by atoms with Crippen molar-refractivity contribution in [2.45, 2.75) is 33.1 Å². The van der Waals surface area contributed by atoms with Crippen LogP contribution in [0.15, 0.2) is 0 Å². The monoisotopic (exact) mass is 158 g/mol. The van der Waals surface area contributed by atoms with Crippen LogP contribution >= 0.6 is 0 Å². The van der Waals surface area contributed by atoms with Crippen LogP contribution in [0.25, 0.3) is 0 Å². The van der Waals surface area contributed by atoms with Crippen LogP contribution in [0.1, 0.15) is 33.1 Å². The summed E-state index contributed by atoms with van der Waals surface area (Å²) >= 11 is 0. The first kappa shape index (κ1) is 11.0. The van der Waals surface area contributed by atoms with E-state index in [4.69, 9.17) is 0 Å². The summed E-state index contributed by atoms with van der Waals surface area (Å²) in [5.74, 6) is 0.918. The topological polar surface area (TPSA) is 0 Å². The van der Waals surface area contributed by atoms with Crippen molar-refractivity contribution in [3.63, 3.8) is 0 Å². The lowest BCUT2D eigenvalue weighted by molar-refractivity contribution is -0.870. The maximum absolute atomic E-state index is 2.34. The molecular weight excluding hydrogens is 134 g/mol. The number of rotatable bonds is 5. The average molecular weight is 158 g/mol. The van der Waals surface area contributed by atoms with Crippen molar-refractivity contribution in [2.24, 2.45) is 5.92 Å². The van der Waals surface area contributed by atoms with Gasteiger partial charge in [-0.2, -0.15) is 0 Å². The molecule has 0 saturated heterocycles. The molecule has 68 valence electrons. The summed E-state index contributed by atoms with van der Waals surface area (Å²) in [5.41, 5.74) is 0. The van der Waals surface area contributed by atoms with E-state index in [1.54, 1.807) is 0 Å². The second kappa shape index (κ2) is 4.76. The average Bonchev–Trinajstić information content (AvgIpc) is 1.85. The Morgan fingerprint density at radius 2 is 1.73 bits per heavy atom. The van der Waals surface area contributed by atoms with Gasteiger partial charge in [-0.25, -0.2) is 0 Å². The summed E-state index contributed by atoms with van der Waals surface area (Å²) in [6, 6.07) is 0. The summed E-state index contributed by atoms with van der Waals surface area (Å²) in [7, 11) is 6.78. The molecule has 0 bridgehead atoms. The molecule has 1 nitrogen and oxygen atoms in total. The molecule has 1 atom stereocenters. The van der Waals surface area contributed by atoms with E-state index in [1.807, 2.05) is 0 Å². The molecule has 0 aromatic carbocycles. The highest BCUT2D eigenvalue weighted by atomic mass is 15.3. The fourth-order valence-corrected chi connectivity index (χ4v) is 1.12. The largest absolute Gasteiger partial charge is 0.331 e. The molecule has 0 aliphatic heterocycles. The van der Waals surface area contributed by atoms with Crippen LogP contribution in [0.5, 0.6) is 0 Å². The summed E-state index contributed by atoms with van der Waals surface area (Å²) in [6.45, 7) is 5.93. The van der Waals surface area contributed by atoms with Crippen molar-refractivity contribution < 1.29 is 4.48 Å². The maximum atomic E-state index is 2.34. The molecule has 0 aromatic rings. The Morgan fingerprint density at radius 1 is 1.18 bits per heavy atom. The number of nitrogens with zero attached hydrogens (tertiary/aromatic N) is 1. The fraction of sp³-hybridized carbons (Fsp3) is 1.00. The molecule has 11 heavy (non-hydrogen) atoms. The van der Waals surface area contributed by atoms with E-state index in [0.717, 1.165) is 10.4 Å². The van der Waals surface area contributed by atoms with Gasteiger partial charge in [0, 0.05) is 0 Å². The Morgan fingerprint density at radius 3 is 2.09 bits per heavy atom. The molecule has 0 rings (SSSR count). The van der Waals surface area contributed by atoms with Crippen molar-refractivity contribution in [3.05, 3.63) is 0 Å². The standard InChI is InChI=1S/C10H24N/c1-6-10(2)8-7-9-11(3,4)5/h10H,6-9H2,1-5H3/q+1. The molecule has 1 heteroatoms. The van der Waals surface area contributed by atoms with Crippen molar-refractivity contribution in [3.8, 4) is 0 Å². The van der Waals surface area contributed by atoms with E-state index >= 15 is 0 Å². The molecule has 0 fully saturated rings. The molecule has 0 aromatic heterocycles. The van der Waals surface area contributed by atoms with Gasteiger partial charge in [-0.3, -0.25) is 0 Å². The molecular formula is C10H24N+. The lowest BCUT2D eigenvalue weighted by Gasteiger charge is -2.24. The molecule has 0 saturated carbocycles. The molecule has 0 heterocycles. The third-order valence-electron chi connectivity index (χ3n) is 2.22. The first-order chi connectivity index (χ1) is 4.95. The van der Waals surface area contributed by atoms with Crippen LogP contribution in [-0.2, 0) is 0 Å². The van der Waals surface area contributed by atoms with E-state index in [0.29, 0.717) is 0 Å². The van der Waals surface area contributed by atoms with Crippen LogP contribution in [0, 0.1) is 5.92 Å². The molecule has 0 radical (unpaired) electrons. The Labute approximate surface area is 72.0 Å². The van der Waals surface area contributed by atoms with Gasteiger partial charge in [0.15, 0.2) is 0 Å². The smallest absolute Gasteiger partial charge is 0.0780 e. The zero-order chi connectivity index (χ0) is 8.91. The SMILES string of the molecule is CCC(C)CCC[N+](C)(C)C. The van der Waals surface area contributed by atoms with Crippen LogP contribution in [0.3, 0.4) is 0 Å². The van der Waals surface area contributed by atoms with E-state index in [2.05, 4.69) is 35.0 Å². The number of hydrogen-bond acceptors (Lipinski definition) is 0. The highest BCUT2D eigenvalue weighted by Gasteiger charge is 2.07. The van der Waals surface area contributed by atoms with Gasteiger partial charge in [-0.1, -0.05) is 20.3 Å². The van der Waals surface area contributed by atoms with Crippen molar-refractivity contribution in [1.82, 2.24) is 0 Å². The third kappa shape index (κ3) is 7.86. The van der Waals surface area contributed by atoms with Crippen LogP contribution < -0.4 is 0 Å². The van der Waals surface area contributed by atoms with Crippen LogP contribution in [-0.4, -0.2) is 32.2 Å². The minimum absolute atomic E-state index is 0.918. The molecule has 1 unspecified atom stereocenters. The lowest BCUT2D eigenvalue weighted by Crippen LogP contribution is -2.35. The molecule has 0 N–H and O–H groups in total. The Balaban J connectivity index is 3.28. The summed E-state index contributed by atoms with van der Waals surface area (Å²) in [5, 5.41) is 0. The minimum Gasteiger partial charge on any atom is -0.331 e. The first-order valence-electron chi connectivity index (χ1n) is 4.76. The molecule has 0 aliphatic carbocycles. The second-order valence-electron chi connectivity index (χ2n) is 4.67. The van der Waals surface area contributed by atoms with Gasteiger partial charge in [0.25, 0.3) is 0 Å². The summed E-state index contributed by atoms with van der Waals surface area (Å²) in [4.78, 5) is 0. The summed E-state index contributed by atoms with van der Waals surface area (Å²) in [6.07, 6.45) is 4.10. The fourth-order valence-electron chi connectivity index (χ4n) is 1.12. The Hall–Kier alpha value is -0.0400. The summed E-state index contributed by atoms with van der Waals surface area (Å²) < 4.78 is 1.11. The molecule has 0 spiro atoms. The van der Waals surface area contributed by atoms with Crippen molar-refractivity contribution in [2.75, 3.05) is 27.7 Å². The lowest BCUT2D eigenvalue weighted by atomic mass is 10.0. The quantitative estimate of drug-likeness (QED) is 0.539. The second-order valence-corrected chi connectivity index (χ2v) is 4.67. The van der Waals surface area contributed by atoms with Gasteiger partial charge < -0.3 is 4.48 Å². The zero-order valence-corrected chi connectivity index (χ0v) is 8.85. The Bertz CT molecular complexity index is 91.5. The zero-order valence-electron chi connectivity index (χ0n) is 8.85. The van der Waals surface area contributed by atoms with Gasteiger partial charge >= 0.3 is 0 Å². The molecule has 0 amide bonds. The van der Waals surface area contributed by atoms with Gasteiger partial charge in [-0.05, 0) is 18.8 Å². The molecule has 0 aliphatic rings. The van der Waals surface area contributed by atoms with Gasteiger partial charge in [0.2, 0.25) is 0 Å². The first-order valence-corrected chi connectivity index (χ1v) is 4.76. The predicted octanol–water partition coefficient (Wildman–Crippen LogP) is 2.52. The minimum atomic E-state index is 0.918. The number of hydrogen-bond donors (Lipinski definition) is 0. The van der Waals surface area contributed by atoms with Crippen LogP contribution in [0.4, 0.5) is 0 Å². The number of quaternary nitrogens is 1. The van der Waals surface area contributed by atoms with E-state index in [9.17, 15) is 0 Å². The highest BCUT2D eigenvalue weighted by Crippen LogP contribution is 2.10. The third-order valence-corrected chi connectivity index (χ3v) is 2.22. The van der Waals surface area contributed by atoms with Crippen LogP contribution in [0.2, 0.25) is 0 Å². The van der Waals surface area contributed by atoms with E-state index < -0.39 is 0 Å². The van der Waals surface area contributed by atoms with Crippen molar-refractivity contribution in [1.29, 1.82) is 0 Å². The highest BCUT2D eigenvalue weighted by molar-refractivity contribution is 4.49. The van der Waals surface area contributed by atoms with Crippen molar-refractivity contribution >= 4 is 0 Å². The Kier molecular flexibility index (Phi) is 4.74. The van der Waals surface area contributed by atoms with E-state index in [1.165, 1.54) is 25.8 Å².